The number of likely N-dealkylation sites (tertiary alicyclic amines) is 1. The lowest BCUT2D eigenvalue weighted by Gasteiger charge is -2.32. The third-order valence-electron chi connectivity index (χ3n) is 4.31. The third kappa shape index (κ3) is 3.62. The summed E-state index contributed by atoms with van der Waals surface area (Å²) < 4.78 is 0. The zero-order valence-electron chi connectivity index (χ0n) is 12.4. The fourth-order valence-electron chi connectivity index (χ4n) is 3.26. The van der Waals surface area contributed by atoms with Crippen LogP contribution in [-0.2, 0) is 4.79 Å². The number of nitrogens with zero attached hydrogens (tertiary/aromatic N) is 3. The van der Waals surface area contributed by atoms with Crippen molar-refractivity contribution in [3.8, 4) is 0 Å². The first-order chi connectivity index (χ1) is 9.47. The van der Waals surface area contributed by atoms with E-state index in [1.807, 2.05) is 9.80 Å². The van der Waals surface area contributed by atoms with E-state index in [0.717, 1.165) is 32.5 Å². The van der Waals surface area contributed by atoms with Crippen LogP contribution in [0, 0.1) is 5.92 Å². The number of hydrogen-bond acceptors (Lipinski definition) is 3. The van der Waals surface area contributed by atoms with Gasteiger partial charge in [0.15, 0.2) is 0 Å². The van der Waals surface area contributed by atoms with Gasteiger partial charge in [0.25, 0.3) is 0 Å². The second-order valence-electron chi connectivity index (χ2n) is 6.14. The largest absolute Gasteiger partial charge is 0.481 e. The van der Waals surface area contributed by atoms with Crippen molar-refractivity contribution in [3.05, 3.63) is 0 Å². The maximum atomic E-state index is 12.6. The molecule has 2 aliphatic rings. The van der Waals surface area contributed by atoms with Gasteiger partial charge in [-0.25, -0.2) is 4.79 Å². The molecule has 114 valence electrons. The van der Waals surface area contributed by atoms with Crippen molar-refractivity contribution in [1.29, 1.82) is 0 Å². The van der Waals surface area contributed by atoms with Crippen molar-refractivity contribution in [2.75, 3.05) is 39.8 Å². The highest BCUT2D eigenvalue weighted by atomic mass is 16.4. The molecule has 0 aliphatic carbocycles. The smallest absolute Gasteiger partial charge is 0.320 e. The zero-order chi connectivity index (χ0) is 14.7. The summed E-state index contributed by atoms with van der Waals surface area (Å²) in [7, 11) is 2.09. The molecule has 0 aromatic carbocycles. The second-order valence-corrected chi connectivity index (χ2v) is 6.14. The lowest BCUT2D eigenvalue weighted by Crippen LogP contribution is -2.48. The summed E-state index contributed by atoms with van der Waals surface area (Å²) in [4.78, 5) is 29.4. The van der Waals surface area contributed by atoms with Crippen molar-refractivity contribution >= 4 is 12.0 Å². The van der Waals surface area contributed by atoms with Gasteiger partial charge in [0.2, 0.25) is 0 Å². The van der Waals surface area contributed by atoms with Crippen LogP contribution in [0.5, 0.6) is 0 Å². The predicted octanol–water partition coefficient (Wildman–Crippen LogP) is 0.929. The molecular weight excluding hydrogens is 258 g/mol. The highest BCUT2D eigenvalue weighted by Gasteiger charge is 2.33. The molecule has 2 heterocycles. The molecule has 20 heavy (non-hydrogen) atoms. The summed E-state index contributed by atoms with van der Waals surface area (Å²) in [5, 5.41) is 8.84. The molecule has 2 unspecified atom stereocenters. The fraction of sp³-hybridized carbons (Fsp3) is 0.857. The first-order valence-corrected chi connectivity index (χ1v) is 7.43. The molecule has 2 saturated heterocycles. The molecule has 2 rings (SSSR count). The van der Waals surface area contributed by atoms with Gasteiger partial charge in [-0.1, -0.05) is 0 Å². The quantitative estimate of drug-likeness (QED) is 0.819. The number of rotatable bonds is 2. The number of likely N-dealkylation sites (N-methyl/N-ethyl adjacent to an activating group) is 1. The fourth-order valence-corrected chi connectivity index (χ4v) is 3.26. The molecule has 1 N–H and O–H groups in total. The van der Waals surface area contributed by atoms with Crippen LogP contribution < -0.4 is 0 Å². The van der Waals surface area contributed by atoms with Crippen LogP contribution in [-0.4, -0.2) is 77.6 Å². The Morgan fingerprint density at radius 3 is 2.65 bits per heavy atom. The number of urea groups is 1. The Kier molecular flexibility index (Phi) is 4.86. The normalized spacial score (nSPS) is 28.5. The number of aliphatic carboxylic acids is 1. The highest BCUT2D eigenvalue weighted by Crippen LogP contribution is 2.22. The van der Waals surface area contributed by atoms with E-state index in [9.17, 15) is 9.59 Å². The van der Waals surface area contributed by atoms with Crippen molar-refractivity contribution in [1.82, 2.24) is 14.7 Å². The topological polar surface area (TPSA) is 64.1 Å². The number of hydrogen-bond donors (Lipinski definition) is 1. The van der Waals surface area contributed by atoms with E-state index in [1.165, 1.54) is 0 Å². The Hall–Kier alpha value is -1.30. The Labute approximate surface area is 120 Å². The van der Waals surface area contributed by atoms with Gasteiger partial charge in [0, 0.05) is 38.6 Å². The molecular formula is C14H25N3O3. The van der Waals surface area contributed by atoms with Gasteiger partial charge in [-0.3, -0.25) is 4.79 Å². The van der Waals surface area contributed by atoms with Crippen LogP contribution in [0.15, 0.2) is 0 Å². The van der Waals surface area contributed by atoms with E-state index in [0.29, 0.717) is 13.1 Å². The van der Waals surface area contributed by atoms with Crippen LogP contribution in [0.25, 0.3) is 0 Å². The van der Waals surface area contributed by atoms with Crippen LogP contribution in [0.1, 0.15) is 26.2 Å². The van der Waals surface area contributed by atoms with Crippen LogP contribution in [0.3, 0.4) is 0 Å². The highest BCUT2D eigenvalue weighted by molar-refractivity contribution is 5.75. The lowest BCUT2D eigenvalue weighted by molar-refractivity contribution is -0.138. The van der Waals surface area contributed by atoms with E-state index in [4.69, 9.17) is 5.11 Å². The van der Waals surface area contributed by atoms with Gasteiger partial charge < -0.3 is 19.8 Å². The monoisotopic (exact) mass is 283 g/mol. The molecule has 6 nitrogen and oxygen atoms in total. The Balaban J connectivity index is 1.92. The van der Waals surface area contributed by atoms with Crippen LogP contribution in [0.4, 0.5) is 4.79 Å². The number of carbonyl (C=O) groups excluding carboxylic acids is 1. The summed E-state index contributed by atoms with van der Waals surface area (Å²) >= 11 is 0. The summed E-state index contributed by atoms with van der Waals surface area (Å²) in [6, 6.07) is 0.300. The maximum Gasteiger partial charge on any atom is 0.320 e. The first kappa shape index (κ1) is 15.1. The van der Waals surface area contributed by atoms with Crippen LogP contribution in [0.2, 0.25) is 0 Å². The summed E-state index contributed by atoms with van der Waals surface area (Å²) in [6.07, 6.45) is 1.97. The number of amides is 2. The third-order valence-corrected chi connectivity index (χ3v) is 4.31. The molecule has 2 atom stereocenters. The molecule has 2 amide bonds. The minimum atomic E-state index is -0.769. The second kappa shape index (κ2) is 6.43. The molecule has 2 fully saturated rings. The van der Waals surface area contributed by atoms with Crippen molar-refractivity contribution in [2.24, 2.45) is 5.92 Å². The van der Waals surface area contributed by atoms with Crippen LogP contribution >= 0.6 is 0 Å². The molecule has 0 bridgehead atoms. The van der Waals surface area contributed by atoms with E-state index in [2.05, 4.69) is 18.9 Å². The van der Waals surface area contributed by atoms with Gasteiger partial charge in [-0.05, 0) is 39.3 Å². The minimum Gasteiger partial charge on any atom is -0.481 e. The number of carboxylic acids is 1. The van der Waals surface area contributed by atoms with Gasteiger partial charge in [0.1, 0.15) is 0 Å². The summed E-state index contributed by atoms with van der Waals surface area (Å²) in [6.45, 7) is 6.09. The first-order valence-electron chi connectivity index (χ1n) is 7.43. The Morgan fingerprint density at radius 1 is 1.20 bits per heavy atom. The molecule has 6 heteroatoms. The van der Waals surface area contributed by atoms with Crippen molar-refractivity contribution in [2.45, 2.75) is 32.2 Å². The molecule has 2 aliphatic heterocycles. The SMILES string of the molecule is CC1CN(C)CCCN1C(=O)N1CCC(CC(=O)O)C1. The Morgan fingerprint density at radius 2 is 1.95 bits per heavy atom. The van der Waals surface area contributed by atoms with Crippen molar-refractivity contribution in [3.63, 3.8) is 0 Å². The van der Waals surface area contributed by atoms with E-state index in [-0.39, 0.29) is 24.4 Å². The van der Waals surface area contributed by atoms with E-state index >= 15 is 0 Å². The minimum absolute atomic E-state index is 0.0840. The molecule has 0 aromatic heterocycles. The maximum absolute atomic E-state index is 12.6. The van der Waals surface area contributed by atoms with Gasteiger partial charge in [0.05, 0.1) is 0 Å². The average molecular weight is 283 g/mol. The number of carboxylic acid groups (broad SMARTS) is 1. The standard InChI is InChI=1S/C14H25N3O3/c1-11-9-15(2)5-3-6-17(11)14(20)16-7-4-12(10-16)8-13(18)19/h11-12H,3-10H2,1-2H3,(H,18,19). The average Bonchev–Trinajstić information content (AvgIpc) is 2.74. The number of carbonyl (C=O) groups is 2. The zero-order valence-corrected chi connectivity index (χ0v) is 12.4. The summed E-state index contributed by atoms with van der Waals surface area (Å²) in [5.74, 6) is -0.657. The van der Waals surface area contributed by atoms with E-state index in [1.54, 1.807) is 0 Å². The predicted molar refractivity (Wildman–Crippen MR) is 75.6 cm³/mol. The lowest BCUT2D eigenvalue weighted by atomic mass is 10.1. The molecule has 0 radical (unpaired) electrons. The van der Waals surface area contributed by atoms with Crippen molar-refractivity contribution < 1.29 is 14.7 Å². The summed E-state index contributed by atoms with van der Waals surface area (Å²) in [5.41, 5.74) is 0. The Bertz CT molecular complexity index is 375. The van der Waals surface area contributed by atoms with Gasteiger partial charge in [-0.2, -0.15) is 0 Å². The van der Waals surface area contributed by atoms with E-state index < -0.39 is 5.97 Å². The molecule has 0 aromatic rings. The van der Waals surface area contributed by atoms with Gasteiger partial charge in [-0.15, -0.1) is 0 Å². The van der Waals surface area contributed by atoms with Gasteiger partial charge >= 0.3 is 12.0 Å². The molecule has 0 saturated carbocycles. The molecule has 0 spiro atoms.